The Morgan fingerprint density at radius 1 is 1.04 bits per heavy atom. The molecule has 1 saturated heterocycles. The van der Waals surface area contributed by atoms with Crippen LogP contribution in [-0.4, -0.2) is 16.9 Å². The summed E-state index contributed by atoms with van der Waals surface area (Å²) >= 11 is 5.85. The minimum absolute atomic E-state index is 0.0545. The Hall–Kier alpha value is -2.59. The quantitative estimate of drug-likeness (QED) is 0.394. The van der Waals surface area contributed by atoms with Crippen molar-refractivity contribution in [1.82, 2.24) is 0 Å². The molecule has 0 unspecified atom stereocenters. The Morgan fingerprint density at radius 2 is 1.65 bits per heavy atom. The summed E-state index contributed by atoms with van der Waals surface area (Å²) in [6.07, 6.45) is -0.937. The third kappa shape index (κ3) is 2.85. The van der Waals surface area contributed by atoms with Crippen molar-refractivity contribution in [1.29, 1.82) is 0 Å². The van der Waals surface area contributed by atoms with E-state index >= 15 is 0 Å². The first-order valence-electron chi connectivity index (χ1n) is 6.98. The third-order valence-corrected chi connectivity index (χ3v) is 3.92. The molecule has 4 nitrogen and oxygen atoms in total. The summed E-state index contributed by atoms with van der Waals surface area (Å²) in [5.74, 6) is -2.05. The highest BCUT2D eigenvalue weighted by molar-refractivity contribution is 6.44. The molecule has 1 aliphatic rings. The molecule has 1 fully saturated rings. The maximum absolute atomic E-state index is 12.1. The minimum atomic E-state index is -0.974. The highest BCUT2D eigenvalue weighted by Crippen LogP contribution is 2.37. The summed E-state index contributed by atoms with van der Waals surface area (Å²) in [7, 11) is 0. The molecule has 0 saturated carbocycles. The van der Waals surface area contributed by atoms with Gasteiger partial charge in [0.25, 0.3) is 5.78 Å². The molecule has 0 amide bonds. The van der Waals surface area contributed by atoms with Crippen molar-refractivity contribution >= 4 is 29.1 Å². The second-order valence-electron chi connectivity index (χ2n) is 5.29. The van der Waals surface area contributed by atoms with Crippen LogP contribution in [0.3, 0.4) is 0 Å². The summed E-state index contributed by atoms with van der Waals surface area (Å²) in [5.41, 5.74) is 1.99. The Morgan fingerprint density at radius 3 is 2.26 bits per heavy atom. The van der Waals surface area contributed by atoms with Crippen LogP contribution in [-0.2, 0) is 14.3 Å². The number of ketones is 1. The predicted octanol–water partition coefficient (Wildman–Crippen LogP) is 3.78. The number of hydrogen-bond acceptors (Lipinski definition) is 4. The Kier molecular flexibility index (Phi) is 3.92. The van der Waals surface area contributed by atoms with Crippen molar-refractivity contribution in [3.8, 4) is 0 Å². The number of aliphatic hydroxyl groups is 1. The van der Waals surface area contributed by atoms with Crippen LogP contribution in [0.15, 0.2) is 54.1 Å². The van der Waals surface area contributed by atoms with Crippen LogP contribution in [0.1, 0.15) is 22.8 Å². The molecule has 1 atom stereocenters. The molecule has 0 aromatic heterocycles. The lowest BCUT2D eigenvalue weighted by Gasteiger charge is -2.12. The Labute approximate surface area is 138 Å². The zero-order valence-corrected chi connectivity index (χ0v) is 13.0. The first-order valence-corrected chi connectivity index (χ1v) is 7.36. The van der Waals surface area contributed by atoms with Gasteiger partial charge in [-0.05, 0) is 24.6 Å². The number of rotatable bonds is 2. The van der Waals surface area contributed by atoms with E-state index in [1.54, 1.807) is 36.4 Å². The molecule has 2 aromatic rings. The van der Waals surface area contributed by atoms with Gasteiger partial charge in [-0.2, -0.15) is 0 Å². The zero-order valence-electron chi connectivity index (χ0n) is 12.2. The van der Waals surface area contributed by atoms with Gasteiger partial charge in [0.05, 0.1) is 5.57 Å². The molecule has 2 aromatic carbocycles. The van der Waals surface area contributed by atoms with Gasteiger partial charge in [-0.1, -0.05) is 53.6 Å². The Balaban J connectivity index is 2.10. The number of cyclic esters (lactones) is 1. The fourth-order valence-electron chi connectivity index (χ4n) is 2.42. The van der Waals surface area contributed by atoms with E-state index in [0.29, 0.717) is 16.1 Å². The molecule has 5 heteroatoms. The number of ether oxygens (including phenoxy) is 1. The summed E-state index contributed by atoms with van der Waals surface area (Å²) in [6.45, 7) is 1.91. The molecule has 116 valence electrons. The van der Waals surface area contributed by atoms with Crippen LogP contribution in [0.5, 0.6) is 0 Å². The van der Waals surface area contributed by atoms with Crippen molar-refractivity contribution in [2.24, 2.45) is 0 Å². The van der Waals surface area contributed by atoms with Crippen LogP contribution in [0.4, 0.5) is 0 Å². The van der Waals surface area contributed by atoms with Gasteiger partial charge in [-0.25, -0.2) is 4.79 Å². The zero-order chi connectivity index (χ0) is 16.6. The smallest absolute Gasteiger partial charge is 0.380 e. The van der Waals surface area contributed by atoms with Gasteiger partial charge in [-0.15, -0.1) is 0 Å². The molecule has 1 heterocycles. The standard InChI is InChI=1S/C18H13ClO4/c1-10-2-4-11(5-3-10)15(20)14-16(21)18(22)23-17(14)12-6-8-13(19)9-7-12/h2-9,17,20H,1H3/t17-/m0/s1. The molecule has 23 heavy (non-hydrogen) atoms. The topological polar surface area (TPSA) is 63.6 Å². The van der Waals surface area contributed by atoms with Gasteiger partial charge in [0.1, 0.15) is 5.76 Å². The highest BCUT2D eigenvalue weighted by atomic mass is 35.5. The number of carbonyl (C=O) groups is 2. The van der Waals surface area contributed by atoms with Gasteiger partial charge < -0.3 is 9.84 Å². The summed E-state index contributed by atoms with van der Waals surface area (Å²) < 4.78 is 5.13. The van der Waals surface area contributed by atoms with Crippen molar-refractivity contribution in [2.75, 3.05) is 0 Å². The molecule has 0 spiro atoms. The molecule has 0 bridgehead atoms. The van der Waals surface area contributed by atoms with Gasteiger partial charge in [-0.3, -0.25) is 4.79 Å². The average molecular weight is 329 g/mol. The molecule has 1 aliphatic heterocycles. The predicted molar refractivity (Wildman–Crippen MR) is 86.0 cm³/mol. The molecule has 0 radical (unpaired) electrons. The molecule has 1 N–H and O–H groups in total. The van der Waals surface area contributed by atoms with Gasteiger partial charge in [0.2, 0.25) is 0 Å². The minimum Gasteiger partial charge on any atom is -0.507 e. The van der Waals surface area contributed by atoms with Crippen LogP contribution in [0, 0.1) is 6.92 Å². The number of hydrogen-bond donors (Lipinski definition) is 1. The van der Waals surface area contributed by atoms with E-state index < -0.39 is 17.9 Å². The van der Waals surface area contributed by atoms with E-state index in [1.807, 2.05) is 19.1 Å². The van der Waals surface area contributed by atoms with E-state index in [4.69, 9.17) is 16.3 Å². The third-order valence-electron chi connectivity index (χ3n) is 3.67. The number of esters is 1. The largest absolute Gasteiger partial charge is 0.507 e. The first-order chi connectivity index (χ1) is 11.0. The second kappa shape index (κ2) is 5.89. The summed E-state index contributed by atoms with van der Waals surface area (Å²) in [5, 5.41) is 11.0. The first kappa shape index (κ1) is 15.3. The number of aryl methyl sites for hydroxylation is 1. The lowest BCUT2D eigenvalue weighted by Crippen LogP contribution is -2.08. The van der Waals surface area contributed by atoms with E-state index in [1.165, 1.54) is 0 Å². The van der Waals surface area contributed by atoms with E-state index in [0.717, 1.165) is 5.56 Å². The normalized spacial score (nSPS) is 19.7. The molecule has 0 aliphatic carbocycles. The SMILES string of the molecule is Cc1ccc(C(O)=C2C(=O)C(=O)O[C@H]2c2ccc(Cl)cc2)cc1. The second-order valence-corrected chi connectivity index (χ2v) is 5.73. The molecular weight excluding hydrogens is 316 g/mol. The number of carbonyl (C=O) groups excluding carboxylic acids is 2. The Bertz CT molecular complexity index is 804. The van der Waals surface area contributed by atoms with Crippen molar-refractivity contribution < 1.29 is 19.4 Å². The van der Waals surface area contributed by atoms with Crippen molar-refractivity contribution in [3.63, 3.8) is 0 Å². The van der Waals surface area contributed by atoms with Crippen molar-refractivity contribution in [2.45, 2.75) is 13.0 Å². The van der Waals surface area contributed by atoms with E-state index in [-0.39, 0.29) is 11.3 Å². The van der Waals surface area contributed by atoms with E-state index in [9.17, 15) is 14.7 Å². The fraction of sp³-hybridized carbons (Fsp3) is 0.111. The maximum atomic E-state index is 12.1. The van der Waals surface area contributed by atoms with Crippen molar-refractivity contribution in [3.05, 3.63) is 75.8 Å². The lowest BCUT2D eigenvalue weighted by atomic mass is 9.96. The summed E-state index contributed by atoms with van der Waals surface area (Å²) in [6, 6.07) is 13.6. The van der Waals surface area contributed by atoms with Gasteiger partial charge >= 0.3 is 5.97 Å². The van der Waals surface area contributed by atoms with E-state index in [2.05, 4.69) is 0 Å². The van der Waals surface area contributed by atoms with Gasteiger partial charge in [0.15, 0.2) is 6.10 Å². The molecule has 3 rings (SSSR count). The van der Waals surface area contributed by atoms with Crippen LogP contribution in [0.25, 0.3) is 5.76 Å². The number of Topliss-reactive ketones (excluding diaryl/α,β-unsaturated/α-hetero) is 1. The molecular formula is C18H13ClO4. The average Bonchev–Trinajstić information content (AvgIpc) is 2.84. The monoisotopic (exact) mass is 328 g/mol. The van der Waals surface area contributed by atoms with Crippen LogP contribution >= 0.6 is 11.6 Å². The number of aliphatic hydroxyl groups excluding tert-OH is 1. The number of benzene rings is 2. The van der Waals surface area contributed by atoms with Crippen LogP contribution in [0.2, 0.25) is 5.02 Å². The number of halogens is 1. The fourth-order valence-corrected chi connectivity index (χ4v) is 2.55. The van der Waals surface area contributed by atoms with Gasteiger partial charge in [0, 0.05) is 10.6 Å². The lowest BCUT2D eigenvalue weighted by molar-refractivity contribution is -0.149. The maximum Gasteiger partial charge on any atom is 0.380 e. The van der Waals surface area contributed by atoms with Crippen LogP contribution < -0.4 is 0 Å². The highest BCUT2D eigenvalue weighted by Gasteiger charge is 2.42. The summed E-state index contributed by atoms with van der Waals surface area (Å²) in [4.78, 5) is 23.8.